The normalized spacial score (nSPS) is 11.7. The third-order valence-corrected chi connectivity index (χ3v) is 2.61. The summed E-state index contributed by atoms with van der Waals surface area (Å²) < 4.78 is 0. The molecule has 2 heteroatoms. The second kappa shape index (κ2) is 4.92. The van der Waals surface area contributed by atoms with Gasteiger partial charge in [-0.15, -0.1) is 11.4 Å². The number of para-hydroxylation sites is 2. The molecule has 0 amide bonds. The topological polar surface area (TPSA) is 14.1 Å². The van der Waals surface area contributed by atoms with Gasteiger partial charge in [-0.3, -0.25) is 0 Å². The van der Waals surface area contributed by atoms with Gasteiger partial charge in [0.15, 0.2) is 0 Å². The van der Waals surface area contributed by atoms with Gasteiger partial charge in [-0.1, -0.05) is 59.7 Å². The van der Waals surface area contributed by atoms with Crippen molar-refractivity contribution in [3.8, 4) is 0 Å². The minimum absolute atomic E-state index is 0. The summed E-state index contributed by atoms with van der Waals surface area (Å²) in [7, 11) is 0. The fraction of sp³-hybridized carbons (Fsp3) is 0.0769. The predicted molar refractivity (Wildman–Crippen MR) is 58.4 cm³/mol. The van der Waals surface area contributed by atoms with Gasteiger partial charge < -0.3 is 5.32 Å². The fourth-order valence-corrected chi connectivity index (χ4v) is 1.87. The summed E-state index contributed by atoms with van der Waals surface area (Å²) in [6.45, 7) is 0. The molecular formula is C13H10NRb. The Labute approximate surface area is 139 Å². The quantitative estimate of drug-likeness (QED) is 0.574. The molecule has 1 aliphatic rings. The van der Waals surface area contributed by atoms with Crippen LogP contribution in [0.3, 0.4) is 0 Å². The van der Waals surface area contributed by atoms with Crippen molar-refractivity contribution in [3.05, 3.63) is 65.0 Å². The Hall–Kier alpha value is 0.0452. The zero-order valence-corrected chi connectivity index (χ0v) is 13.7. The minimum atomic E-state index is 0. The van der Waals surface area contributed by atoms with Crippen LogP contribution in [0.4, 0.5) is 11.4 Å². The number of fused-ring (bicyclic) bond motifs is 2. The fourth-order valence-electron chi connectivity index (χ4n) is 1.87. The number of hydrogen-bond donors (Lipinski definition) is 0. The van der Waals surface area contributed by atoms with Crippen LogP contribution >= 0.6 is 0 Å². The van der Waals surface area contributed by atoms with Crippen LogP contribution in [0.15, 0.2) is 48.5 Å². The van der Waals surface area contributed by atoms with Crippen LogP contribution in [-0.4, -0.2) is 0 Å². The molecule has 0 N–H and O–H groups in total. The van der Waals surface area contributed by atoms with Gasteiger partial charge in [-0.05, 0) is 6.42 Å². The third-order valence-electron chi connectivity index (χ3n) is 2.61. The van der Waals surface area contributed by atoms with E-state index in [0.717, 1.165) is 17.8 Å². The van der Waals surface area contributed by atoms with Crippen LogP contribution in [0, 0.1) is 0 Å². The molecule has 0 spiro atoms. The van der Waals surface area contributed by atoms with Gasteiger partial charge in [-0.25, -0.2) is 0 Å². The number of hydrogen-bond acceptors (Lipinski definition) is 0. The van der Waals surface area contributed by atoms with Crippen molar-refractivity contribution in [1.29, 1.82) is 0 Å². The Balaban J connectivity index is 0.000000853. The van der Waals surface area contributed by atoms with Crippen LogP contribution in [0.5, 0.6) is 0 Å². The molecule has 15 heavy (non-hydrogen) atoms. The first kappa shape index (κ1) is 11.5. The Kier molecular flexibility index (Phi) is 3.78. The van der Waals surface area contributed by atoms with Crippen molar-refractivity contribution in [2.24, 2.45) is 0 Å². The van der Waals surface area contributed by atoms with Gasteiger partial charge >= 0.3 is 58.2 Å². The third kappa shape index (κ3) is 2.26. The maximum absolute atomic E-state index is 4.61. The van der Waals surface area contributed by atoms with Crippen LogP contribution in [0.25, 0.3) is 5.32 Å². The van der Waals surface area contributed by atoms with E-state index in [-0.39, 0.29) is 58.2 Å². The van der Waals surface area contributed by atoms with E-state index in [2.05, 4.69) is 41.7 Å². The first-order valence-electron chi connectivity index (χ1n) is 4.81. The molecule has 1 aliphatic heterocycles. The van der Waals surface area contributed by atoms with Crippen molar-refractivity contribution in [2.45, 2.75) is 6.42 Å². The Bertz CT molecular complexity index is 392. The molecule has 1 heterocycles. The standard InChI is InChI=1S/C13H10N.Rb/c1-3-7-12-10(5-1)9-11-6-2-4-8-13(11)14-12;/h1-8H,9H2;/q-1;+1. The summed E-state index contributed by atoms with van der Waals surface area (Å²) in [6.07, 6.45) is 1.01. The number of benzene rings is 2. The molecule has 0 atom stereocenters. The van der Waals surface area contributed by atoms with E-state index in [1.807, 2.05) is 12.1 Å². The average Bonchev–Trinajstić information content (AvgIpc) is 2.26. The SMILES string of the molecule is [Rb+].c1ccc2c(c1)Cc1ccccc1[N-]2. The zero-order chi connectivity index (χ0) is 9.38. The maximum Gasteiger partial charge on any atom is 1.00 e. The average molecular weight is 266 g/mol. The van der Waals surface area contributed by atoms with E-state index in [9.17, 15) is 0 Å². The van der Waals surface area contributed by atoms with Crippen LogP contribution in [-0.2, 0) is 6.42 Å². The molecule has 3 rings (SSSR count). The molecule has 0 saturated carbocycles. The Morgan fingerprint density at radius 3 is 1.73 bits per heavy atom. The van der Waals surface area contributed by atoms with E-state index in [4.69, 9.17) is 0 Å². The molecule has 1 nitrogen and oxygen atoms in total. The molecule has 2 aromatic rings. The van der Waals surface area contributed by atoms with Crippen molar-refractivity contribution < 1.29 is 58.2 Å². The van der Waals surface area contributed by atoms with E-state index >= 15 is 0 Å². The molecule has 0 fully saturated rings. The smallest absolute Gasteiger partial charge is 0.657 e. The summed E-state index contributed by atoms with van der Waals surface area (Å²) in [6, 6.07) is 16.7. The molecular weight excluding hydrogens is 256 g/mol. The number of rotatable bonds is 0. The van der Waals surface area contributed by atoms with Crippen molar-refractivity contribution in [1.82, 2.24) is 0 Å². The van der Waals surface area contributed by atoms with Crippen molar-refractivity contribution >= 4 is 11.4 Å². The Morgan fingerprint density at radius 1 is 0.733 bits per heavy atom. The number of nitrogens with zero attached hydrogens (tertiary/aromatic N) is 1. The van der Waals surface area contributed by atoms with Crippen LogP contribution in [0.2, 0.25) is 0 Å². The molecule has 0 aliphatic carbocycles. The second-order valence-corrected chi connectivity index (χ2v) is 3.55. The monoisotopic (exact) mass is 265 g/mol. The molecule has 68 valence electrons. The Morgan fingerprint density at radius 2 is 1.20 bits per heavy atom. The van der Waals surface area contributed by atoms with Crippen LogP contribution < -0.4 is 58.2 Å². The molecule has 0 aromatic heterocycles. The molecule has 0 radical (unpaired) electrons. The summed E-state index contributed by atoms with van der Waals surface area (Å²) in [5.74, 6) is 0. The van der Waals surface area contributed by atoms with Gasteiger partial charge in [-0.2, -0.15) is 0 Å². The second-order valence-electron chi connectivity index (χ2n) is 3.55. The van der Waals surface area contributed by atoms with Crippen molar-refractivity contribution in [2.75, 3.05) is 0 Å². The molecule has 0 unspecified atom stereocenters. The van der Waals surface area contributed by atoms with Gasteiger partial charge in [0.05, 0.1) is 0 Å². The van der Waals surface area contributed by atoms with Crippen LogP contribution in [0.1, 0.15) is 11.1 Å². The molecule has 0 bridgehead atoms. The summed E-state index contributed by atoms with van der Waals surface area (Å²) >= 11 is 0. The molecule has 0 saturated heterocycles. The van der Waals surface area contributed by atoms with Gasteiger partial charge in [0.2, 0.25) is 0 Å². The van der Waals surface area contributed by atoms with E-state index < -0.39 is 0 Å². The first-order valence-corrected chi connectivity index (χ1v) is 4.81. The zero-order valence-electron chi connectivity index (χ0n) is 8.77. The largest absolute Gasteiger partial charge is 1.00 e. The van der Waals surface area contributed by atoms with E-state index in [1.165, 1.54) is 11.1 Å². The van der Waals surface area contributed by atoms with E-state index in [0.29, 0.717) is 0 Å². The maximum atomic E-state index is 4.61. The predicted octanol–water partition coefficient (Wildman–Crippen LogP) is 0.932. The van der Waals surface area contributed by atoms with E-state index in [1.54, 1.807) is 0 Å². The van der Waals surface area contributed by atoms with Gasteiger partial charge in [0, 0.05) is 0 Å². The van der Waals surface area contributed by atoms with Gasteiger partial charge in [0.25, 0.3) is 0 Å². The first-order chi connectivity index (χ1) is 6.93. The van der Waals surface area contributed by atoms with Crippen molar-refractivity contribution in [3.63, 3.8) is 0 Å². The minimum Gasteiger partial charge on any atom is -0.657 e. The summed E-state index contributed by atoms with van der Waals surface area (Å²) in [4.78, 5) is 0. The summed E-state index contributed by atoms with van der Waals surface area (Å²) in [5, 5.41) is 4.61. The van der Waals surface area contributed by atoms with Gasteiger partial charge in [0.1, 0.15) is 0 Å². The summed E-state index contributed by atoms with van der Waals surface area (Å²) in [5.41, 5.74) is 4.88. The molecule has 2 aromatic carbocycles.